The molecule has 9 heteroatoms. The van der Waals surface area contributed by atoms with Gasteiger partial charge in [-0.1, -0.05) is 35.5 Å². The van der Waals surface area contributed by atoms with Gasteiger partial charge in [0.05, 0.1) is 6.33 Å². The molecule has 2 aromatic carbocycles. The zero-order chi connectivity index (χ0) is 22.1. The van der Waals surface area contributed by atoms with E-state index in [1.807, 2.05) is 0 Å². The van der Waals surface area contributed by atoms with E-state index in [9.17, 15) is 4.79 Å². The summed E-state index contributed by atoms with van der Waals surface area (Å²) in [5.41, 5.74) is 1.99. The second-order valence-electron chi connectivity index (χ2n) is 9.04. The lowest BCUT2D eigenvalue weighted by molar-refractivity contribution is 0.363. The summed E-state index contributed by atoms with van der Waals surface area (Å²) >= 11 is 0. The topological polar surface area (TPSA) is 94.9 Å². The van der Waals surface area contributed by atoms with Crippen LogP contribution in [0.25, 0.3) is 21.9 Å². The maximum Gasteiger partial charge on any atom is 0.280 e. The molecule has 0 radical (unpaired) electrons. The van der Waals surface area contributed by atoms with Crippen LogP contribution in [0.15, 0.2) is 64.4 Å². The molecular weight excluding hydrogens is 418 g/mol. The third-order valence-corrected chi connectivity index (χ3v) is 7.08. The summed E-state index contributed by atoms with van der Waals surface area (Å²) in [6, 6.07) is 15.1. The second kappa shape index (κ2) is 6.74. The van der Waals surface area contributed by atoms with Crippen LogP contribution >= 0.6 is 0 Å². The largest absolute Gasteiger partial charge is 0.371 e. The Morgan fingerprint density at radius 2 is 1.82 bits per heavy atom. The van der Waals surface area contributed by atoms with E-state index in [-0.39, 0.29) is 12.1 Å². The van der Waals surface area contributed by atoms with Crippen LogP contribution in [0.1, 0.15) is 17.6 Å². The SMILES string of the molecule is Cn1cnc2ncn(Cc3nc([C@H]4[C@@H]5CN(c6ccc7ccccc7c6)C[C@@H]54)no3)c(=O)c21. The van der Waals surface area contributed by atoms with Crippen LogP contribution in [-0.4, -0.2) is 42.3 Å². The van der Waals surface area contributed by atoms with Gasteiger partial charge < -0.3 is 14.0 Å². The molecule has 7 rings (SSSR count). The Morgan fingerprint density at radius 3 is 2.67 bits per heavy atom. The number of benzene rings is 2. The smallest absolute Gasteiger partial charge is 0.280 e. The molecule has 0 amide bonds. The van der Waals surface area contributed by atoms with Crippen molar-refractivity contribution in [3.05, 3.63) is 77.2 Å². The normalized spacial score (nSPS) is 21.7. The number of aromatic nitrogens is 6. The lowest BCUT2D eigenvalue weighted by Gasteiger charge is -2.22. The lowest BCUT2D eigenvalue weighted by atomic mass is 10.1. The summed E-state index contributed by atoms with van der Waals surface area (Å²) in [4.78, 5) is 28.2. The van der Waals surface area contributed by atoms with Gasteiger partial charge in [-0.15, -0.1) is 0 Å². The van der Waals surface area contributed by atoms with Gasteiger partial charge in [0.25, 0.3) is 5.56 Å². The minimum atomic E-state index is -0.172. The van der Waals surface area contributed by atoms with Crippen molar-refractivity contribution in [2.45, 2.75) is 12.5 Å². The van der Waals surface area contributed by atoms with Crippen LogP contribution in [0.5, 0.6) is 0 Å². The van der Waals surface area contributed by atoms with Gasteiger partial charge in [0.1, 0.15) is 12.9 Å². The van der Waals surface area contributed by atoms with Crippen molar-refractivity contribution in [2.24, 2.45) is 18.9 Å². The van der Waals surface area contributed by atoms with Crippen LogP contribution in [0.2, 0.25) is 0 Å². The van der Waals surface area contributed by atoms with Crippen LogP contribution in [-0.2, 0) is 13.6 Å². The Hall–Kier alpha value is -4.01. The van der Waals surface area contributed by atoms with Gasteiger partial charge in [-0.3, -0.25) is 9.36 Å². The summed E-state index contributed by atoms with van der Waals surface area (Å²) in [5.74, 6) is 2.58. The Labute approximate surface area is 188 Å². The number of rotatable bonds is 4. The molecule has 1 saturated heterocycles. The molecule has 9 nitrogen and oxygen atoms in total. The molecule has 0 unspecified atom stereocenters. The molecule has 1 aliphatic heterocycles. The molecule has 4 heterocycles. The van der Waals surface area contributed by atoms with Gasteiger partial charge in [0.2, 0.25) is 5.89 Å². The molecular formula is C24H21N7O2. The number of piperidine rings is 1. The molecule has 2 aliphatic rings. The summed E-state index contributed by atoms with van der Waals surface area (Å²) in [5, 5.41) is 6.77. The quantitative estimate of drug-likeness (QED) is 0.425. The van der Waals surface area contributed by atoms with E-state index >= 15 is 0 Å². The molecule has 5 aromatic rings. The summed E-state index contributed by atoms with van der Waals surface area (Å²) in [6.07, 6.45) is 3.07. The molecule has 33 heavy (non-hydrogen) atoms. The van der Waals surface area contributed by atoms with E-state index in [4.69, 9.17) is 4.52 Å². The molecule has 0 N–H and O–H groups in total. The first-order valence-corrected chi connectivity index (χ1v) is 11.1. The second-order valence-corrected chi connectivity index (χ2v) is 9.04. The zero-order valence-electron chi connectivity index (χ0n) is 18.0. The van der Waals surface area contributed by atoms with Crippen molar-refractivity contribution in [1.82, 2.24) is 29.2 Å². The summed E-state index contributed by atoms with van der Waals surface area (Å²) < 4.78 is 8.65. The van der Waals surface area contributed by atoms with Crippen molar-refractivity contribution < 1.29 is 4.52 Å². The number of anilines is 1. The first kappa shape index (κ1) is 18.6. The monoisotopic (exact) mass is 439 g/mol. The Balaban J connectivity index is 1.06. The summed E-state index contributed by atoms with van der Waals surface area (Å²) in [7, 11) is 1.78. The van der Waals surface area contributed by atoms with Crippen LogP contribution in [0, 0.1) is 11.8 Å². The van der Waals surface area contributed by atoms with Crippen molar-refractivity contribution in [1.29, 1.82) is 0 Å². The number of nitrogens with zero attached hydrogens (tertiary/aromatic N) is 7. The Bertz CT molecular complexity index is 1570. The lowest BCUT2D eigenvalue weighted by Crippen LogP contribution is -2.23. The van der Waals surface area contributed by atoms with E-state index < -0.39 is 0 Å². The number of hydrogen-bond acceptors (Lipinski definition) is 7. The first-order chi connectivity index (χ1) is 16.2. The van der Waals surface area contributed by atoms with Crippen molar-refractivity contribution in [3.63, 3.8) is 0 Å². The fourth-order valence-electron chi connectivity index (χ4n) is 5.29. The molecule has 1 saturated carbocycles. The highest BCUT2D eigenvalue weighted by Crippen LogP contribution is 2.58. The van der Waals surface area contributed by atoms with Crippen LogP contribution in [0.4, 0.5) is 5.69 Å². The highest BCUT2D eigenvalue weighted by atomic mass is 16.5. The molecule has 2 fully saturated rings. The van der Waals surface area contributed by atoms with Gasteiger partial charge in [-0.2, -0.15) is 4.98 Å². The molecule has 164 valence electrons. The van der Waals surface area contributed by atoms with Crippen molar-refractivity contribution >= 4 is 27.6 Å². The zero-order valence-corrected chi connectivity index (χ0v) is 18.0. The molecule has 1 aliphatic carbocycles. The number of hydrogen-bond donors (Lipinski definition) is 0. The van der Waals surface area contributed by atoms with E-state index in [2.05, 4.69) is 67.5 Å². The summed E-state index contributed by atoms with van der Waals surface area (Å²) in [6.45, 7) is 2.20. The standard InChI is InChI=1S/C24H21N7O2/c1-29-12-25-23-21(29)24(32)31(13-26-23)11-19-27-22(28-33-19)20-17-9-30(10-18(17)20)16-7-6-14-4-2-3-5-15(14)8-16/h2-8,12-13,17-18,20H,9-11H2,1H3/t17-,18+,20+. The highest BCUT2D eigenvalue weighted by molar-refractivity contribution is 5.86. The van der Waals surface area contributed by atoms with Crippen LogP contribution < -0.4 is 10.5 Å². The predicted molar refractivity (Wildman–Crippen MR) is 122 cm³/mol. The first-order valence-electron chi connectivity index (χ1n) is 11.1. The number of imidazole rings is 1. The highest BCUT2D eigenvalue weighted by Gasteiger charge is 2.58. The Kier molecular flexibility index (Phi) is 3.79. The fourth-order valence-corrected chi connectivity index (χ4v) is 5.29. The fraction of sp³-hybridized carbons (Fsp3) is 0.292. The number of aryl methyl sites for hydroxylation is 1. The van der Waals surface area contributed by atoms with E-state index in [1.165, 1.54) is 27.4 Å². The predicted octanol–water partition coefficient (Wildman–Crippen LogP) is 2.56. The average Bonchev–Trinajstić information content (AvgIpc) is 3.24. The minimum absolute atomic E-state index is 0.172. The third-order valence-electron chi connectivity index (χ3n) is 7.08. The minimum Gasteiger partial charge on any atom is -0.371 e. The third kappa shape index (κ3) is 2.88. The van der Waals surface area contributed by atoms with Gasteiger partial charge in [0, 0.05) is 31.7 Å². The molecule has 3 aromatic heterocycles. The Morgan fingerprint density at radius 1 is 1.03 bits per heavy atom. The molecule has 0 bridgehead atoms. The van der Waals surface area contributed by atoms with E-state index in [0.717, 1.165) is 18.9 Å². The van der Waals surface area contributed by atoms with E-state index in [1.54, 1.807) is 17.9 Å². The van der Waals surface area contributed by atoms with Crippen LogP contribution in [0.3, 0.4) is 0 Å². The van der Waals surface area contributed by atoms with Gasteiger partial charge in [-0.05, 0) is 34.7 Å². The van der Waals surface area contributed by atoms with Gasteiger partial charge >= 0.3 is 0 Å². The average molecular weight is 439 g/mol. The molecule has 0 spiro atoms. The van der Waals surface area contributed by atoms with E-state index in [0.29, 0.717) is 34.8 Å². The van der Waals surface area contributed by atoms with Crippen molar-refractivity contribution in [3.8, 4) is 0 Å². The van der Waals surface area contributed by atoms with Gasteiger partial charge in [0.15, 0.2) is 17.0 Å². The van der Waals surface area contributed by atoms with Gasteiger partial charge in [-0.25, -0.2) is 9.97 Å². The maximum atomic E-state index is 12.7. The van der Waals surface area contributed by atoms with Crippen molar-refractivity contribution in [2.75, 3.05) is 18.0 Å². The number of fused-ring (bicyclic) bond motifs is 3. The molecule has 3 atom stereocenters. The maximum absolute atomic E-state index is 12.7.